The van der Waals surface area contributed by atoms with Crippen LogP contribution in [0.25, 0.3) is 0 Å². The molecular weight excluding hydrogens is 216 g/mol. The monoisotopic (exact) mass is 234 g/mol. The lowest BCUT2D eigenvalue weighted by atomic mass is 10.1. The van der Waals surface area contributed by atoms with Crippen LogP contribution < -0.4 is 0 Å². The molecule has 0 radical (unpaired) electrons. The van der Waals surface area contributed by atoms with Crippen molar-refractivity contribution in [3.63, 3.8) is 0 Å². The first kappa shape index (κ1) is 11.8. The van der Waals surface area contributed by atoms with Gasteiger partial charge in [-0.1, -0.05) is 6.92 Å². The highest BCUT2D eigenvalue weighted by Gasteiger charge is 2.23. The number of fused-ring (bicyclic) bond motifs is 1. The smallest absolute Gasteiger partial charge is 0.320 e. The molecule has 0 aromatic carbocycles. The van der Waals surface area contributed by atoms with Crippen molar-refractivity contribution in [2.45, 2.75) is 26.3 Å². The van der Waals surface area contributed by atoms with Crippen LogP contribution in [0.4, 0.5) is 4.79 Å². The minimum absolute atomic E-state index is 0.0863. The number of hydrogen-bond acceptors (Lipinski definition) is 3. The Morgan fingerprint density at radius 1 is 1.41 bits per heavy atom. The standard InChI is InChI=1S/C12H18N4O/c1-3-7-15(2)12(17)16-8-4-10-11(9-16)14-6-5-13-10/h5-6H,3-4,7-9H2,1-2H3. The Morgan fingerprint density at radius 3 is 2.82 bits per heavy atom. The van der Waals surface area contributed by atoms with Crippen LogP contribution in [0.1, 0.15) is 24.7 Å². The van der Waals surface area contributed by atoms with Crippen LogP contribution in [0.5, 0.6) is 0 Å². The van der Waals surface area contributed by atoms with Crippen molar-refractivity contribution in [3.05, 3.63) is 23.8 Å². The van der Waals surface area contributed by atoms with E-state index in [1.54, 1.807) is 17.3 Å². The molecule has 0 spiro atoms. The highest BCUT2D eigenvalue weighted by Crippen LogP contribution is 2.15. The molecule has 0 N–H and O–H groups in total. The van der Waals surface area contributed by atoms with Crippen molar-refractivity contribution >= 4 is 6.03 Å². The summed E-state index contributed by atoms with van der Waals surface area (Å²) < 4.78 is 0. The first-order valence-electron chi connectivity index (χ1n) is 6.01. The summed E-state index contributed by atoms with van der Waals surface area (Å²) in [6, 6.07) is 0.0863. The first-order valence-corrected chi connectivity index (χ1v) is 6.01. The SMILES string of the molecule is CCCN(C)C(=O)N1CCc2nccnc2C1. The van der Waals surface area contributed by atoms with E-state index in [9.17, 15) is 4.79 Å². The molecule has 0 atom stereocenters. The average molecular weight is 234 g/mol. The van der Waals surface area contributed by atoms with Gasteiger partial charge in [-0.15, -0.1) is 0 Å². The molecule has 1 aliphatic heterocycles. The van der Waals surface area contributed by atoms with Crippen LogP contribution in [0.2, 0.25) is 0 Å². The van der Waals surface area contributed by atoms with E-state index in [1.807, 2.05) is 11.9 Å². The predicted molar refractivity (Wildman–Crippen MR) is 64.5 cm³/mol. The maximum atomic E-state index is 12.1. The second kappa shape index (κ2) is 5.12. The molecule has 5 nitrogen and oxygen atoms in total. The molecule has 92 valence electrons. The topological polar surface area (TPSA) is 49.3 Å². The van der Waals surface area contributed by atoms with Gasteiger partial charge in [-0.3, -0.25) is 9.97 Å². The molecule has 0 saturated carbocycles. The first-order chi connectivity index (χ1) is 8.22. The number of carbonyl (C=O) groups is 1. The number of nitrogens with zero attached hydrogens (tertiary/aromatic N) is 4. The third-order valence-electron chi connectivity index (χ3n) is 2.98. The van der Waals surface area contributed by atoms with Crippen LogP contribution >= 0.6 is 0 Å². The second-order valence-corrected chi connectivity index (χ2v) is 4.33. The molecule has 5 heteroatoms. The molecule has 0 unspecified atom stereocenters. The minimum Gasteiger partial charge on any atom is -0.328 e. The Labute approximate surface area is 101 Å². The molecule has 0 bridgehead atoms. The van der Waals surface area contributed by atoms with Crippen LogP contribution in [0, 0.1) is 0 Å². The summed E-state index contributed by atoms with van der Waals surface area (Å²) in [5.41, 5.74) is 1.95. The van der Waals surface area contributed by atoms with Crippen LogP contribution in [-0.2, 0) is 13.0 Å². The van der Waals surface area contributed by atoms with Gasteiger partial charge in [0.15, 0.2) is 0 Å². The summed E-state index contributed by atoms with van der Waals surface area (Å²) in [5.74, 6) is 0. The van der Waals surface area contributed by atoms with Gasteiger partial charge in [0.1, 0.15) is 0 Å². The molecule has 0 saturated heterocycles. The van der Waals surface area contributed by atoms with Crippen molar-refractivity contribution in [1.82, 2.24) is 19.8 Å². The highest BCUT2D eigenvalue weighted by molar-refractivity contribution is 5.74. The van der Waals surface area contributed by atoms with E-state index in [0.717, 1.165) is 37.3 Å². The van der Waals surface area contributed by atoms with Crippen molar-refractivity contribution in [3.8, 4) is 0 Å². The van der Waals surface area contributed by atoms with E-state index in [4.69, 9.17) is 0 Å². The van der Waals surface area contributed by atoms with Gasteiger partial charge < -0.3 is 9.80 Å². The minimum atomic E-state index is 0.0863. The molecule has 2 amide bonds. The summed E-state index contributed by atoms with van der Waals surface area (Å²) >= 11 is 0. The fourth-order valence-electron chi connectivity index (χ4n) is 2.07. The summed E-state index contributed by atoms with van der Waals surface area (Å²) in [6.07, 6.45) is 5.17. The Kier molecular flexibility index (Phi) is 3.56. The highest BCUT2D eigenvalue weighted by atomic mass is 16.2. The van der Waals surface area contributed by atoms with E-state index in [2.05, 4.69) is 16.9 Å². The Bertz CT molecular complexity index is 407. The number of rotatable bonds is 2. The quantitative estimate of drug-likeness (QED) is 0.775. The fourth-order valence-corrected chi connectivity index (χ4v) is 2.07. The van der Waals surface area contributed by atoms with E-state index < -0.39 is 0 Å². The maximum absolute atomic E-state index is 12.1. The molecule has 1 aliphatic rings. The van der Waals surface area contributed by atoms with Gasteiger partial charge in [0.05, 0.1) is 17.9 Å². The van der Waals surface area contributed by atoms with Crippen molar-refractivity contribution in [1.29, 1.82) is 0 Å². The van der Waals surface area contributed by atoms with E-state index >= 15 is 0 Å². The molecule has 2 rings (SSSR count). The second-order valence-electron chi connectivity index (χ2n) is 4.33. The summed E-state index contributed by atoms with van der Waals surface area (Å²) in [4.78, 5) is 24.3. The largest absolute Gasteiger partial charge is 0.328 e. The zero-order chi connectivity index (χ0) is 12.3. The Hall–Kier alpha value is -1.65. The van der Waals surface area contributed by atoms with Crippen molar-refractivity contribution in [2.24, 2.45) is 0 Å². The van der Waals surface area contributed by atoms with Gasteiger partial charge in [0, 0.05) is 39.0 Å². The van der Waals surface area contributed by atoms with Gasteiger partial charge in [0.2, 0.25) is 0 Å². The Morgan fingerprint density at radius 2 is 2.12 bits per heavy atom. The number of urea groups is 1. The number of carbonyl (C=O) groups excluding carboxylic acids is 1. The summed E-state index contributed by atoms with van der Waals surface area (Å²) in [6.45, 7) is 4.18. The van der Waals surface area contributed by atoms with E-state index in [0.29, 0.717) is 6.54 Å². The molecule has 1 aromatic heterocycles. The fraction of sp³-hybridized carbons (Fsp3) is 0.583. The van der Waals surface area contributed by atoms with Gasteiger partial charge in [0.25, 0.3) is 0 Å². The van der Waals surface area contributed by atoms with Gasteiger partial charge >= 0.3 is 6.03 Å². The summed E-state index contributed by atoms with van der Waals surface area (Å²) in [5, 5.41) is 0. The van der Waals surface area contributed by atoms with E-state index in [-0.39, 0.29) is 6.03 Å². The molecular formula is C12H18N4O. The molecule has 0 fully saturated rings. The zero-order valence-electron chi connectivity index (χ0n) is 10.4. The van der Waals surface area contributed by atoms with Gasteiger partial charge in [-0.05, 0) is 6.42 Å². The number of aromatic nitrogens is 2. The number of hydrogen-bond donors (Lipinski definition) is 0. The zero-order valence-corrected chi connectivity index (χ0v) is 10.4. The maximum Gasteiger partial charge on any atom is 0.320 e. The number of amides is 2. The molecule has 2 heterocycles. The summed E-state index contributed by atoms with van der Waals surface area (Å²) in [7, 11) is 1.85. The lowest BCUT2D eigenvalue weighted by Gasteiger charge is -2.31. The van der Waals surface area contributed by atoms with Crippen molar-refractivity contribution in [2.75, 3.05) is 20.1 Å². The van der Waals surface area contributed by atoms with E-state index in [1.165, 1.54) is 0 Å². The predicted octanol–water partition coefficient (Wildman–Crippen LogP) is 1.30. The molecule has 1 aromatic rings. The lowest BCUT2D eigenvalue weighted by molar-refractivity contribution is 0.156. The molecule has 0 aliphatic carbocycles. The molecule has 17 heavy (non-hydrogen) atoms. The van der Waals surface area contributed by atoms with Gasteiger partial charge in [-0.25, -0.2) is 4.79 Å². The third-order valence-corrected chi connectivity index (χ3v) is 2.98. The lowest BCUT2D eigenvalue weighted by Crippen LogP contribution is -2.44. The Balaban J connectivity index is 2.05. The van der Waals surface area contributed by atoms with Crippen molar-refractivity contribution < 1.29 is 4.79 Å². The van der Waals surface area contributed by atoms with Gasteiger partial charge in [-0.2, -0.15) is 0 Å². The van der Waals surface area contributed by atoms with Crippen LogP contribution in [-0.4, -0.2) is 45.9 Å². The average Bonchev–Trinajstić information content (AvgIpc) is 2.37. The third kappa shape index (κ3) is 2.54. The van der Waals surface area contributed by atoms with Crippen LogP contribution in [0.3, 0.4) is 0 Å². The normalized spacial score (nSPS) is 14.4. The van der Waals surface area contributed by atoms with Crippen LogP contribution in [0.15, 0.2) is 12.4 Å².